The van der Waals surface area contributed by atoms with Crippen LogP contribution in [0.3, 0.4) is 0 Å². The molecule has 2 rings (SSSR count). The van der Waals surface area contributed by atoms with Crippen LogP contribution in [0.2, 0.25) is 0 Å². The number of benzene rings is 1. The van der Waals surface area contributed by atoms with Gasteiger partial charge < -0.3 is 0 Å². The smallest absolute Gasteiger partial charge is 0.262 e. The molecule has 11 heteroatoms. The SMILES string of the molecule is N#Cc1cncc(S(=O)(=O)NC(c2ccc(F)c(F)c2)C(F)(F)F)c1. The molecular weight excluding hydrogens is 369 g/mol. The fourth-order valence-electron chi connectivity index (χ4n) is 1.87. The summed E-state index contributed by atoms with van der Waals surface area (Å²) < 4.78 is 91.5. The van der Waals surface area contributed by atoms with E-state index >= 15 is 0 Å². The van der Waals surface area contributed by atoms with Crippen LogP contribution < -0.4 is 4.72 Å². The largest absolute Gasteiger partial charge is 0.408 e. The zero-order valence-electron chi connectivity index (χ0n) is 12.1. The van der Waals surface area contributed by atoms with Gasteiger partial charge in [-0.3, -0.25) is 4.98 Å². The number of sulfonamides is 1. The van der Waals surface area contributed by atoms with Gasteiger partial charge in [-0.1, -0.05) is 6.07 Å². The number of hydrogen-bond acceptors (Lipinski definition) is 4. The number of halogens is 5. The molecule has 1 aromatic heterocycles. The topological polar surface area (TPSA) is 82.8 Å². The Morgan fingerprint density at radius 3 is 2.36 bits per heavy atom. The molecule has 2 aromatic rings. The van der Waals surface area contributed by atoms with Crippen LogP contribution in [0.15, 0.2) is 41.6 Å². The zero-order chi connectivity index (χ0) is 18.8. The molecule has 0 amide bonds. The molecule has 0 saturated heterocycles. The van der Waals surface area contributed by atoms with Crippen molar-refractivity contribution in [2.45, 2.75) is 17.1 Å². The van der Waals surface area contributed by atoms with Gasteiger partial charge >= 0.3 is 6.18 Å². The minimum Gasteiger partial charge on any atom is -0.262 e. The molecule has 0 bridgehead atoms. The van der Waals surface area contributed by atoms with Gasteiger partial charge in [-0.25, -0.2) is 17.2 Å². The monoisotopic (exact) mass is 377 g/mol. The van der Waals surface area contributed by atoms with Crippen molar-refractivity contribution < 1.29 is 30.4 Å². The van der Waals surface area contributed by atoms with Gasteiger partial charge in [0, 0.05) is 12.4 Å². The summed E-state index contributed by atoms with van der Waals surface area (Å²) in [5.41, 5.74) is -1.02. The Bertz CT molecular complexity index is 938. The Kier molecular flexibility index (Phi) is 5.05. The lowest BCUT2D eigenvalue weighted by atomic mass is 10.1. The van der Waals surface area contributed by atoms with Gasteiger partial charge in [0.15, 0.2) is 11.6 Å². The average molecular weight is 377 g/mol. The zero-order valence-corrected chi connectivity index (χ0v) is 12.9. The van der Waals surface area contributed by atoms with Crippen LogP contribution in [-0.4, -0.2) is 19.6 Å². The lowest BCUT2D eigenvalue weighted by molar-refractivity contribution is -0.153. The van der Waals surface area contributed by atoms with Crippen molar-refractivity contribution in [2.24, 2.45) is 0 Å². The lowest BCUT2D eigenvalue weighted by Gasteiger charge is -2.22. The van der Waals surface area contributed by atoms with Crippen LogP contribution in [0.4, 0.5) is 22.0 Å². The Hall–Kier alpha value is -2.58. The minimum absolute atomic E-state index is 0.181. The average Bonchev–Trinajstić information content (AvgIpc) is 2.54. The fraction of sp³-hybridized carbons (Fsp3) is 0.143. The number of nitrogens with zero attached hydrogens (tertiary/aromatic N) is 2. The maximum absolute atomic E-state index is 13.2. The number of alkyl halides is 3. The minimum atomic E-state index is -5.13. The highest BCUT2D eigenvalue weighted by molar-refractivity contribution is 7.89. The van der Waals surface area contributed by atoms with Gasteiger partial charge in [-0.2, -0.15) is 23.2 Å². The van der Waals surface area contributed by atoms with Crippen LogP contribution in [0.5, 0.6) is 0 Å². The number of rotatable bonds is 4. The van der Waals surface area contributed by atoms with Crippen molar-refractivity contribution in [3.63, 3.8) is 0 Å². The molecule has 132 valence electrons. The first-order valence-electron chi connectivity index (χ1n) is 6.44. The normalized spacial score (nSPS) is 13.3. The number of hydrogen-bond donors (Lipinski definition) is 1. The first-order valence-corrected chi connectivity index (χ1v) is 7.92. The predicted octanol–water partition coefficient (Wildman–Crippen LogP) is 2.81. The molecule has 0 saturated carbocycles. The summed E-state index contributed by atoms with van der Waals surface area (Å²) in [6.45, 7) is 0. The van der Waals surface area contributed by atoms with Gasteiger partial charge in [0.25, 0.3) is 0 Å². The van der Waals surface area contributed by atoms with E-state index in [9.17, 15) is 30.4 Å². The predicted molar refractivity (Wildman–Crippen MR) is 74.4 cm³/mol. The molecule has 0 aliphatic rings. The number of pyridine rings is 1. The molecule has 0 fully saturated rings. The van der Waals surface area contributed by atoms with Crippen molar-refractivity contribution in [1.29, 1.82) is 5.26 Å². The molecule has 1 aromatic carbocycles. The second kappa shape index (κ2) is 6.73. The Balaban J connectivity index is 2.46. The van der Waals surface area contributed by atoms with Crippen LogP contribution in [0.25, 0.3) is 0 Å². The maximum Gasteiger partial charge on any atom is 0.408 e. The first kappa shape index (κ1) is 18.8. The Labute approximate surface area is 138 Å². The van der Waals surface area contributed by atoms with E-state index in [0.717, 1.165) is 18.5 Å². The van der Waals surface area contributed by atoms with Crippen LogP contribution in [0, 0.1) is 23.0 Å². The summed E-state index contributed by atoms with van der Waals surface area (Å²) >= 11 is 0. The quantitative estimate of drug-likeness (QED) is 0.831. The van der Waals surface area contributed by atoms with Crippen molar-refractivity contribution in [2.75, 3.05) is 0 Å². The van der Waals surface area contributed by atoms with E-state index in [4.69, 9.17) is 5.26 Å². The number of nitriles is 1. The van der Waals surface area contributed by atoms with Crippen molar-refractivity contribution in [3.05, 3.63) is 59.4 Å². The van der Waals surface area contributed by atoms with Crippen molar-refractivity contribution in [3.8, 4) is 6.07 Å². The molecule has 25 heavy (non-hydrogen) atoms. The van der Waals surface area contributed by atoms with Crippen LogP contribution in [-0.2, 0) is 10.0 Å². The third kappa shape index (κ3) is 4.28. The van der Waals surface area contributed by atoms with Gasteiger partial charge in [0.2, 0.25) is 10.0 Å². The van der Waals surface area contributed by atoms with Crippen molar-refractivity contribution in [1.82, 2.24) is 9.71 Å². The van der Waals surface area contributed by atoms with Gasteiger partial charge in [0.1, 0.15) is 17.0 Å². The molecule has 0 radical (unpaired) electrons. The van der Waals surface area contributed by atoms with E-state index in [1.807, 2.05) is 0 Å². The van der Waals surface area contributed by atoms with E-state index in [0.29, 0.717) is 12.1 Å². The molecule has 1 N–H and O–H groups in total. The fourth-order valence-corrected chi connectivity index (χ4v) is 3.06. The third-order valence-electron chi connectivity index (χ3n) is 3.03. The summed E-state index contributed by atoms with van der Waals surface area (Å²) in [7, 11) is -4.75. The molecule has 1 atom stereocenters. The summed E-state index contributed by atoms with van der Waals surface area (Å²) in [6, 6.07) is 0.925. The number of nitrogens with one attached hydrogen (secondary N) is 1. The third-order valence-corrected chi connectivity index (χ3v) is 4.42. The van der Waals surface area contributed by atoms with Crippen molar-refractivity contribution >= 4 is 10.0 Å². The number of aromatic nitrogens is 1. The van der Waals surface area contributed by atoms with E-state index in [2.05, 4.69) is 4.98 Å². The van der Waals surface area contributed by atoms with Gasteiger partial charge in [-0.05, 0) is 23.8 Å². The van der Waals surface area contributed by atoms with Crippen LogP contribution in [0.1, 0.15) is 17.2 Å². The summed E-state index contributed by atoms with van der Waals surface area (Å²) in [5.74, 6) is -2.93. The molecule has 0 spiro atoms. The molecular formula is C14H8F5N3O2S. The maximum atomic E-state index is 13.2. The molecule has 1 unspecified atom stereocenters. The van der Waals surface area contributed by atoms with E-state index in [1.165, 1.54) is 4.72 Å². The molecule has 5 nitrogen and oxygen atoms in total. The highest BCUT2D eigenvalue weighted by Crippen LogP contribution is 2.34. The second-order valence-electron chi connectivity index (χ2n) is 4.79. The van der Waals surface area contributed by atoms with E-state index < -0.39 is 44.3 Å². The highest BCUT2D eigenvalue weighted by Gasteiger charge is 2.43. The standard InChI is InChI=1S/C14H8F5N3O2S/c15-11-2-1-9(4-12(11)16)13(14(17,18)19)22-25(23,24)10-3-8(5-20)6-21-7-10/h1-4,6-7,13,22H. The lowest BCUT2D eigenvalue weighted by Crippen LogP contribution is -2.38. The second-order valence-corrected chi connectivity index (χ2v) is 6.50. The summed E-state index contributed by atoms with van der Waals surface area (Å²) in [4.78, 5) is 2.78. The van der Waals surface area contributed by atoms with Crippen LogP contribution >= 0.6 is 0 Å². The summed E-state index contributed by atoms with van der Waals surface area (Å²) in [6.07, 6.45) is -3.35. The summed E-state index contributed by atoms with van der Waals surface area (Å²) in [5, 5.41) is 8.71. The Morgan fingerprint density at radius 1 is 1.12 bits per heavy atom. The van der Waals surface area contributed by atoms with E-state index in [1.54, 1.807) is 6.07 Å². The van der Waals surface area contributed by atoms with Gasteiger partial charge in [-0.15, -0.1) is 0 Å². The highest BCUT2D eigenvalue weighted by atomic mass is 32.2. The van der Waals surface area contributed by atoms with E-state index in [-0.39, 0.29) is 11.6 Å². The molecule has 0 aliphatic carbocycles. The molecule has 1 heterocycles. The molecule has 0 aliphatic heterocycles. The van der Waals surface area contributed by atoms with Gasteiger partial charge in [0.05, 0.1) is 5.56 Å². The first-order chi connectivity index (χ1) is 11.5. The Morgan fingerprint density at radius 2 is 1.80 bits per heavy atom.